The Hall–Kier alpha value is -2.24. The van der Waals surface area contributed by atoms with Gasteiger partial charge in [0, 0.05) is 25.2 Å². The van der Waals surface area contributed by atoms with Crippen molar-refractivity contribution < 1.29 is 19.4 Å². The summed E-state index contributed by atoms with van der Waals surface area (Å²) in [6.45, 7) is 1.13. The molecule has 0 atom stereocenters. The number of ether oxygens (including phenoxy) is 1. The predicted octanol–water partition coefficient (Wildman–Crippen LogP) is 1.60. The summed E-state index contributed by atoms with van der Waals surface area (Å²) >= 11 is 0. The van der Waals surface area contributed by atoms with Crippen molar-refractivity contribution in [1.29, 1.82) is 0 Å². The number of amides is 1. The summed E-state index contributed by atoms with van der Waals surface area (Å²) in [7, 11) is 1.54. The summed E-state index contributed by atoms with van der Waals surface area (Å²) in [5, 5.41) is 8.80. The maximum absolute atomic E-state index is 12.5. The van der Waals surface area contributed by atoms with Gasteiger partial charge in [-0.1, -0.05) is 0 Å². The lowest BCUT2D eigenvalue weighted by molar-refractivity contribution is -0.138. The Kier molecular flexibility index (Phi) is 4.67. The Balaban J connectivity index is 2.03. The molecule has 0 bridgehead atoms. The summed E-state index contributed by atoms with van der Waals surface area (Å²) in [4.78, 5) is 24.9. The number of anilines is 1. The Morgan fingerprint density at radius 2 is 2.05 bits per heavy atom. The minimum absolute atomic E-state index is 0.125. The van der Waals surface area contributed by atoms with Gasteiger partial charge in [-0.2, -0.15) is 0 Å². The minimum Gasteiger partial charge on any atom is -0.497 e. The fraction of sp³-hybridized carbons (Fsp3) is 0.467. The molecule has 1 heterocycles. The van der Waals surface area contributed by atoms with E-state index >= 15 is 0 Å². The van der Waals surface area contributed by atoms with Gasteiger partial charge in [-0.15, -0.1) is 0 Å². The fourth-order valence-corrected chi connectivity index (χ4v) is 2.61. The highest BCUT2D eigenvalue weighted by Crippen LogP contribution is 2.25. The van der Waals surface area contributed by atoms with Crippen LogP contribution in [0.15, 0.2) is 18.2 Å². The number of likely N-dealkylation sites (tertiary alicyclic amines) is 1. The molecule has 21 heavy (non-hydrogen) atoms. The molecule has 1 aromatic rings. The van der Waals surface area contributed by atoms with Crippen molar-refractivity contribution in [1.82, 2.24) is 4.90 Å². The van der Waals surface area contributed by atoms with E-state index in [9.17, 15) is 9.59 Å². The number of aliphatic carboxylic acids is 1. The monoisotopic (exact) mass is 292 g/mol. The van der Waals surface area contributed by atoms with Gasteiger partial charge < -0.3 is 20.5 Å². The zero-order chi connectivity index (χ0) is 15.4. The van der Waals surface area contributed by atoms with Crippen LogP contribution in [0.25, 0.3) is 0 Å². The standard InChI is InChI=1S/C15H20N2O4/c1-21-11-2-3-13(16)12(9-11)15(20)17-6-4-10(5-7-17)8-14(18)19/h2-3,9-10H,4-8,16H2,1H3,(H,18,19). The molecular formula is C15H20N2O4. The van der Waals surface area contributed by atoms with E-state index in [1.807, 2.05) is 0 Å². The lowest BCUT2D eigenvalue weighted by atomic mass is 9.93. The number of carbonyl (C=O) groups is 2. The van der Waals surface area contributed by atoms with Crippen LogP contribution in [-0.2, 0) is 4.79 Å². The number of nitrogens with zero attached hydrogens (tertiary/aromatic N) is 1. The third-order valence-corrected chi connectivity index (χ3v) is 3.86. The minimum atomic E-state index is -0.781. The van der Waals surface area contributed by atoms with Crippen molar-refractivity contribution in [2.45, 2.75) is 19.3 Å². The fourth-order valence-electron chi connectivity index (χ4n) is 2.61. The second-order valence-corrected chi connectivity index (χ2v) is 5.29. The molecule has 1 aliphatic heterocycles. The maximum Gasteiger partial charge on any atom is 0.303 e. The van der Waals surface area contributed by atoms with Gasteiger partial charge in [0.15, 0.2) is 0 Å². The second kappa shape index (κ2) is 6.47. The van der Waals surface area contributed by atoms with E-state index in [4.69, 9.17) is 15.6 Å². The molecule has 1 fully saturated rings. The first-order chi connectivity index (χ1) is 10.0. The molecule has 6 nitrogen and oxygen atoms in total. The number of hydrogen-bond donors (Lipinski definition) is 2. The van der Waals surface area contributed by atoms with E-state index in [1.54, 1.807) is 23.1 Å². The zero-order valence-corrected chi connectivity index (χ0v) is 12.0. The summed E-state index contributed by atoms with van der Waals surface area (Å²) in [6.07, 6.45) is 1.59. The molecule has 3 N–H and O–H groups in total. The molecule has 1 aliphatic rings. The van der Waals surface area contributed by atoms with Crippen LogP contribution in [0.2, 0.25) is 0 Å². The molecule has 114 valence electrons. The molecule has 1 aromatic carbocycles. The van der Waals surface area contributed by atoms with E-state index in [2.05, 4.69) is 0 Å². The molecule has 0 aromatic heterocycles. The number of hydrogen-bond acceptors (Lipinski definition) is 4. The molecule has 6 heteroatoms. The van der Waals surface area contributed by atoms with Gasteiger partial charge in [-0.05, 0) is 37.0 Å². The normalized spacial score (nSPS) is 15.8. The third kappa shape index (κ3) is 3.65. The van der Waals surface area contributed by atoms with Crippen LogP contribution in [0, 0.1) is 5.92 Å². The molecule has 2 rings (SSSR count). The molecule has 1 amide bonds. The first kappa shape index (κ1) is 15.2. The van der Waals surface area contributed by atoms with Gasteiger partial charge in [0.05, 0.1) is 12.7 Å². The number of methoxy groups -OCH3 is 1. The second-order valence-electron chi connectivity index (χ2n) is 5.29. The lowest BCUT2D eigenvalue weighted by Gasteiger charge is -2.31. The van der Waals surface area contributed by atoms with Gasteiger partial charge >= 0.3 is 5.97 Å². The lowest BCUT2D eigenvalue weighted by Crippen LogP contribution is -2.39. The molecule has 0 saturated carbocycles. The number of benzene rings is 1. The van der Waals surface area contributed by atoms with Crippen molar-refractivity contribution in [2.24, 2.45) is 5.92 Å². The first-order valence-electron chi connectivity index (χ1n) is 6.96. The Morgan fingerprint density at radius 1 is 1.38 bits per heavy atom. The first-order valence-corrected chi connectivity index (χ1v) is 6.96. The third-order valence-electron chi connectivity index (χ3n) is 3.86. The van der Waals surface area contributed by atoms with Crippen molar-refractivity contribution >= 4 is 17.6 Å². The van der Waals surface area contributed by atoms with Gasteiger partial charge in [0.1, 0.15) is 5.75 Å². The number of nitrogens with two attached hydrogens (primary N) is 1. The summed E-state index contributed by atoms with van der Waals surface area (Å²) in [5.41, 5.74) is 6.72. The summed E-state index contributed by atoms with van der Waals surface area (Å²) in [5.74, 6) is -0.167. The average Bonchev–Trinajstić information content (AvgIpc) is 2.47. The van der Waals surface area contributed by atoms with Crippen LogP contribution in [0.3, 0.4) is 0 Å². The van der Waals surface area contributed by atoms with Gasteiger partial charge in [-0.25, -0.2) is 0 Å². The summed E-state index contributed by atoms with van der Waals surface area (Å²) in [6, 6.07) is 5.01. The average molecular weight is 292 g/mol. The van der Waals surface area contributed by atoms with Crippen LogP contribution in [0.4, 0.5) is 5.69 Å². The Morgan fingerprint density at radius 3 is 2.62 bits per heavy atom. The SMILES string of the molecule is COc1ccc(N)c(C(=O)N2CCC(CC(=O)O)CC2)c1. The highest BCUT2D eigenvalue weighted by atomic mass is 16.5. The van der Waals surface area contributed by atoms with Crippen molar-refractivity contribution in [3.8, 4) is 5.75 Å². The Labute approximate surface area is 123 Å². The topological polar surface area (TPSA) is 92.9 Å². The van der Waals surface area contributed by atoms with Crippen molar-refractivity contribution in [3.63, 3.8) is 0 Å². The van der Waals surface area contributed by atoms with E-state index in [0.717, 1.165) is 0 Å². The number of carbonyl (C=O) groups excluding carboxylic acids is 1. The number of carboxylic acid groups (broad SMARTS) is 1. The molecule has 0 unspecified atom stereocenters. The highest BCUT2D eigenvalue weighted by molar-refractivity contribution is 5.99. The molecular weight excluding hydrogens is 272 g/mol. The van der Waals surface area contributed by atoms with Crippen molar-refractivity contribution in [3.05, 3.63) is 23.8 Å². The van der Waals surface area contributed by atoms with Crippen LogP contribution in [0.5, 0.6) is 5.75 Å². The van der Waals surface area contributed by atoms with E-state index in [1.165, 1.54) is 7.11 Å². The smallest absolute Gasteiger partial charge is 0.303 e. The van der Waals surface area contributed by atoms with Gasteiger partial charge in [-0.3, -0.25) is 9.59 Å². The molecule has 0 spiro atoms. The maximum atomic E-state index is 12.5. The number of carboxylic acids is 1. The van der Waals surface area contributed by atoms with Gasteiger partial charge in [0.25, 0.3) is 5.91 Å². The summed E-state index contributed by atoms with van der Waals surface area (Å²) < 4.78 is 5.12. The molecule has 0 radical (unpaired) electrons. The number of rotatable bonds is 4. The van der Waals surface area contributed by atoms with Crippen LogP contribution in [-0.4, -0.2) is 42.1 Å². The van der Waals surface area contributed by atoms with Crippen LogP contribution >= 0.6 is 0 Å². The number of nitrogen functional groups attached to an aromatic ring is 1. The zero-order valence-electron chi connectivity index (χ0n) is 12.0. The van der Waals surface area contributed by atoms with Crippen LogP contribution in [0.1, 0.15) is 29.6 Å². The van der Waals surface area contributed by atoms with Gasteiger partial charge in [0.2, 0.25) is 0 Å². The van der Waals surface area contributed by atoms with E-state index < -0.39 is 5.97 Å². The van der Waals surface area contributed by atoms with E-state index in [0.29, 0.717) is 42.9 Å². The molecule has 0 aliphatic carbocycles. The van der Waals surface area contributed by atoms with Crippen molar-refractivity contribution in [2.75, 3.05) is 25.9 Å². The number of piperidine rings is 1. The molecule has 1 saturated heterocycles. The van der Waals surface area contributed by atoms with E-state index in [-0.39, 0.29) is 18.2 Å². The predicted molar refractivity (Wildman–Crippen MR) is 78.3 cm³/mol. The highest BCUT2D eigenvalue weighted by Gasteiger charge is 2.26. The Bertz CT molecular complexity index is 536. The van der Waals surface area contributed by atoms with Crippen LogP contribution < -0.4 is 10.5 Å². The quantitative estimate of drug-likeness (QED) is 0.822. The largest absolute Gasteiger partial charge is 0.497 e.